The van der Waals surface area contributed by atoms with Crippen LogP contribution in [0.4, 0.5) is 0 Å². The number of carboxylic acids is 1. The Morgan fingerprint density at radius 1 is 1.67 bits per heavy atom. The number of aromatic nitrogens is 1. The molecular weight excluding hydrogens is 214 g/mol. The number of methoxy groups -OCH3 is 1. The molecule has 1 N–H and O–H groups in total. The molecule has 0 aromatic carbocycles. The molecule has 1 aliphatic carbocycles. The van der Waals surface area contributed by atoms with Crippen LogP contribution < -0.4 is 0 Å². The molecule has 15 heavy (non-hydrogen) atoms. The van der Waals surface area contributed by atoms with Gasteiger partial charge in [0.2, 0.25) is 0 Å². The highest BCUT2D eigenvalue weighted by Crippen LogP contribution is 2.44. The van der Waals surface area contributed by atoms with Crippen molar-refractivity contribution in [3.8, 4) is 0 Å². The van der Waals surface area contributed by atoms with E-state index in [9.17, 15) is 4.79 Å². The Morgan fingerprint density at radius 3 is 2.73 bits per heavy atom. The lowest BCUT2D eigenvalue weighted by Crippen LogP contribution is -2.02. The second-order valence-electron chi connectivity index (χ2n) is 3.77. The highest BCUT2D eigenvalue weighted by Gasteiger charge is 2.35. The van der Waals surface area contributed by atoms with Gasteiger partial charge in [-0.2, -0.15) is 0 Å². The number of hydrogen-bond donors (Lipinski definition) is 1. The standard InChI is InChI=1S/C10H13NO3S/c1-5-8(10(12)13)15-9(11-5)7(14-2)6-3-4-6/h6-7H,3-4H2,1-2H3,(H,12,13). The molecular formula is C10H13NO3S. The van der Waals surface area contributed by atoms with E-state index < -0.39 is 5.97 Å². The van der Waals surface area contributed by atoms with E-state index in [0.29, 0.717) is 16.5 Å². The summed E-state index contributed by atoms with van der Waals surface area (Å²) >= 11 is 1.23. The lowest BCUT2D eigenvalue weighted by molar-refractivity contribution is 0.0701. The summed E-state index contributed by atoms with van der Waals surface area (Å²) in [7, 11) is 1.65. The van der Waals surface area contributed by atoms with Crippen molar-refractivity contribution in [2.75, 3.05) is 7.11 Å². The molecule has 0 aliphatic heterocycles. The van der Waals surface area contributed by atoms with E-state index in [1.807, 2.05) is 0 Å². The van der Waals surface area contributed by atoms with Crippen LogP contribution in [0.3, 0.4) is 0 Å². The molecule has 0 bridgehead atoms. The molecule has 1 heterocycles. The van der Waals surface area contributed by atoms with E-state index in [-0.39, 0.29) is 6.10 Å². The molecule has 0 spiro atoms. The SMILES string of the molecule is COC(c1nc(C)c(C(=O)O)s1)C1CC1. The van der Waals surface area contributed by atoms with Crippen LogP contribution in [0.2, 0.25) is 0 Å². The molecule has 1 unspecified atom stereocenters. The smallest absolute Gasteiger partial charge is 0.347 e. The van der Waals surface area contributed by atoms with Gasteiger partial charge in [-0.1, -0.05) is 0 Å². The molecule has 1 atom stereocenters. The largest absolute Gasteiger partial charge is 0.477 e. The van der Waals surface area contributed by atoms with Gasteiger partial charge in [0.1, 0.15) is 16.0 Å². The Hall–Kier alpha value is -0.940. The average Bonchev–Trinajstić information content (AvgIpc) is 2.91. The summed E-state index contributed by atoms with van der Waals surface area (Å²) in [6.45, 7) is 1.73. The summed E-state index contributed by atoms with van der Waals surface area (Å²) in [4.78, 5) is 15.5. The summed E-state index contributed by atoms with van der Waals surface area (Å²) in [5, 5.41) is 9.72. The third-order valence-electron chi connectivity index (χ3n) is 2.55. The highest BCUT2D eigenvalue weighted by molar-refractivity contribution is 7.13. The number of thiazole rings is 1. The lowest BCUT2D eigenvalue weighted by Gasteiger charge is -2.09. The maximum absolute atomic E-state index is 10.9. The minimum Gasteiger partial charge on any atom is -0.477 e. The first-order valence-corrected chi connectivity index (χ1v) is 5.68. The molecule has 2 rings (SSSR count). The average molecular weight is 227 g/mol. The Balaban J connectivity index is 2.27. The van der Waals surface area contributed by atoms with Crippen molar-refractivity contribution < 1.29 is 14.6 Å². The molecule has 1 aromatic rings. The van der Waals surface area contributed by atoms with Crippen LogP contribution in [-0.2, 0) is 4.74 Å². The summed E-state index contributed by atoms with van der Waals surface area (Å²) in [5.41, 5.74) is 0.588. The topological polar surface area (TPSA) is 59.4 Å². The number of ether oxygens (including phenoxy) is 1. The summed E-state index contributed by atoms with van der Waals surface area (Å²) in [6, 6.07) is 0. The van der Waals surface area contributed by atoms with Crippen molar-refractivity contribution in [1.82, 2.24) is 4.98 Å². The molecule has 0 radical (unpaired) electrons. The summed E-state index contributed by atoms with van der Waals surface area (Å²) in [6.07, 6.45) is 2.29. The van der Waals surface area contributed by atoms with Crippen molar-refractivity contribution in [2.24, 2.45) is 5.92 Å². The van der Waals surface area contributed by atoms with E-state index in [1.165, 1.54) is 11.3 Å². The number of rotatable bonds is 4. The highest BCUT2D eigenvalue weighted by atomic mass is 32.1. The number of carboxylic acid groups (broad SMARTS) is 1. The first-order valence-electron chi connectivity index (χ1n) is 4.87. The fourth-order valence-corrected chi connectivity index (χ4v) is 2.71. The third kappa shape index (κ3) is 2.03. The molecule has 0 amide bonds. The zero-order chi connectivity index (χ0) is 11.0. The van der Waals surface area contributed by atoms with E-state index >= 15 is 0 Å². The van der Waals surface area contributed by atoms with Crippen LogP contribution in [0, 0.1) is 12.8 Å². The van der Waals surface area contributed by atoms with Crippen LogP contribution >= 0.6 is 11.3 Å². The molecule has 0 saturated heterocycles. The van der Waals surface area contributed by atoms with Gasteiger partial charge in [0.15, 0.2) is 0 Å². The number of hydrogen-bond acceptors (Lipinski definition) is 4. The van der Waals surface area contributed by atoms with Crippen molar-refractivity contribution in [2.45, 2.75) is 25.9 Å². The van der Waals surface area contributed by atoms with E-state index in [4.69, 9.17) is 9.84 Å². The zero-order valence-electron chi connectivity index (χ0n) is 8.69. The predicted octanol–water partition coefficient (Wildman–Crippen LogP) is 2.25. The summed E-state index contributed by atoms with van der Waals surface area (Å²) in [5.74, 6) is -0.371. The van der Waals surface area contributed by atoms with E-state index in [2.05, 4.69) is 4.98 Å². The van der Waals surface area contributed by atoms with Crippen LogP contribution in [0.15, 0.2) is 0 Å². The van der Waals surface area contributed by atoms with Crippen LogP contribution in [0.5, 0.6) is 0 Å². The fraction of sp³-hybridized carbons (Fsp3) is 0.600. The first-order chi connectivity index (χ1) is 7.13. The van der Waals surface area contributed by atoms with Gasteiger partial charge >= 0.3 is 5.97 Å². The number of carbonyl (C=O) groups is 1. The number of aryl methyl sites for hydroxylation is 1. The normalized spacial score (nSPS) is 17.7. The Morgan fingerprint density at radius 2 is 2.33 bits per heavy atom. The molecule has 1 aromatic heterocycles. The number of aromatic carboxylic acids is 1. The first kappa shape index (κ1) is 10.6. The van der Waals surface area contributed by atoms with Crippen molar-refractivity contribution in [1.29, 1.82) is 0 Å². The molecule has 82 valence electrons. The minimum atomic E-state index is -0.901. The van der Waals surface area contributed by atoms with Crippen molar-refractivity contribution >= 4 is 17.3 Å². The van der Waals surface area contributed by atoms with Crippen LogP contribution in [0.1, 0.15) is 39.3 Å². The van der Waals surface area contributed by atoms with Gasteiger partial charge in [-0.25, -0.2) is 9.78 Å². The molecule has 5 heteroatoms. The molecule has 1 fully saturated rings. The monoisotopic (exact) mass is 227 g/mol. The van der Waals surface area contributed by atoms with Gasteiger partial charge in [0.05, 0.1) is 5.69 Å². The Bertz CT molecular complexity index is 384. The van der Waals surface area contributed by atoms with Gasteiger partial charge in [0, 0.05) is 7.11 Å². The van der Waals surface area contributed by atoms with Gasteiger partial charge in [-0.05, 0) is 25.7 Å². The summed E-state index contributed by atoms with van der Waals surface area (Å²) < 4.78 is 5.36. The maximum Gasteiger partial charge on any atom is 0.347 e. The van der Waals surface area contributed by atoms with Crippen LogP contribution in [-0.4, -0.2) is 23.2 Å². The zero-order valence-corrected chi connectivity index (χ0v) is 9.50. The van der Waals surface area contributed by atoms with Crippen molar-refractivity contribution in [3.63, 3.8) is 0 Å². The van der Waals surface area contributed by atoms with Gasteiger partial charge in [-0.3, -0.25) is 0 Å². The predicted molar refractivity (Wildman–Crippen MR) is 56.3 cm³/mol. The Kier molecular flexibility index (Phi) is 2.75. The maximum atomic E-state index is 10.9. The van der Waals surface area contributed by atoms with Gasteiger partial charge in [0.25, 0.3) is 0 Å². The van der Waals surface area contributed by atoms with Gasteiger partial charge in [-0.15, -0.1) is 11.3 Å². The molecule has 4 nitrogen and oxygen atoms in total. The van der Waals surface area contributed by atoms with E-state index in [1.54, 1.807) is 14.0 Å². The fourth-order valence-electron chi connectivity index (χ4n) is 1.63. The van der Waals surface area contributed by atoms with Crippen LogP contribution in [0.25, 0.3) is 0 Å². The minimum absolute atomic E-state index is 0.0122. The van der Waals surface area contributed by atoms with E-state index in [0.717, 1.165) is 17.8 Å². The second-order valence-corrected chi connectivity index (χ2v) is 4.80. The molecule has 1 saturated carbocycles. The second kappa shape index (κ2) is 3.90. The Labute approximate surface area is 91.9 Å². The van der Waals surface area contributed by atoms with Crippen molar-refractivity contribution in [3.05, 3.63) is 15.6 Å². The molecule has 1 aliphatic rings. The number of nitrogens with zero attached hydrogens (tertiary/aromatic N) is 1. The lowest BCUT2D eigenvalue weighted by atomic mass is 10.2. The third-order valence-corrected chi connectivity index (χ3v) is 3.76. The quantitative estimate of drug-likeness (QED) is 0.857. The van der Waals surface area contributed by atoms with Gasteiger partial charge < -0.3 is 9.84 Å².